The summed E-state index contributed by atoms with van der Waals surface area (Å²) in [5.74, 6) is 1.66. The molecule has 2 heterocycles. The van der Waals surface area contributed by atoms with Crippen LogP contribution in [0.2, 0.25) is 0 Å². The first kappa shape index (κ1) is 20.4. The Balaban J connectivity index is 1.45. The lowest BCUT2D eigenvalue weighted by Crippen LogP contribution is -2.50. The summed E-state index contributed by atoms with van der Waals surface area (Å²) >= 11 is 0. The second kappa shape index (κ2) is 9.75. The molecule has 1 fully saturated rings. The van der Waals surface area contributed by atoms with Gasteiger partial charge in [0.15, 0.2) is 11.5 Å². The molecule has 0 bridgehead atoms. The van der Waals surface area contributed by atoms with E-state index in [4.69, 9.17) is 9.47 Å². The molecule has 0 saturated carbocycles. The van der Waals surface area contributed by atoms with Gasteiger partial charge in [0.05, 0.1) is 6.04 Å². The van der Waals surface area contributed by atoms with Gasteiger partial charge < -0.3 is 20.1 Å². The Hall–Kier alpha value is -2.32. The number of amides is 3. The Bertz CT molecular complexity index is 689. The number of rotatable bonds is 6. The Morgan fingerprint density at radius 1 is 1.18 bits per heavy atom. The number of likely N-dealkylation sites (tertiary alicyclic amines) is 1. The normalized spacial score (nSPS) is 18.4. The van der Waals surface area contributed by atoms with Gasteiger partial charge in [-0.1, -0.05) is 0 Å². The lowest BCUT2D eigenvalue weighted by atomic mass is 9.93. The number of carbonyl (C=O) groups excluding carboxylic acids is 2. The predicted octanol–water partition coefficient (Wildman–Crippen LogP) is 1.82. The number of piperidine rings is 1. The summed E-state index contributed by atoms with van der Waals surface area (Å²) < 4.78 is 11.0. The molecule has 1 atom stereocenters. The van der Waals surface area contributed by atoms with Crippen LogP contribution in [0.3, 0.4) is 0 Å². The maximum Gasteiger partial charge on any atom is 0.325 e. The molecular weight excluding hydrogens is 360 g/mol. The number of fused-ring (bicyclic) bond motifs is 1. The van der Waals surface area contributed by atoms with E-state index >= 15 is 0 Å². The number of imide groups is 1. The Morgan fingerprint density at radius 3 is 2.61 bits per heavy atom. The molecule has 0 aliphatic carbocycles. The number of nitrogens with one attached hydrogen (secondary N) is 3. The van der Waals surface area contributed by atoms with Crippen molar-refractivity contribution in [3.05, 3.63) is 18.2 Å². The Labute approximate surface area is 165 Å². The fraction of sp³-hybridized carbons (Fsp3) is 0.600. The van der Waals surface area contributed by atoms with Gasteiger partial charge in [-0.2, -0.15) is 0 Å². The minimum absolute atomic E-state index is 0.288. The number of anilines is 1. The van der Waals surface area contributed by atoms with E-state index in [9.17, 15) is 9.59 Å². The number of hydrogen-bond acceptors (Lipinski definition) is 6. The highest BCUT2D eigenvalue weighted by atomic mass is 16.6. The number of nitrogens with zero attached hydrogens (tertiary/aromatic N) is 1. The quantitative estimate of drug-likeness (QED) is 0.686. The zero-order valence-electron chi connectivity index (χ0n) is 16.6. The summed E-state index contributed by atoms with van der Waals surface area (Å²) in [5.41, 5.74) is 0.549. The maximum absolute atomic E-state index is 12.5. The Morgan fingerprint density at radius 2 is 1.89 bits per heavy atom. The van der Waals surface area contributed by atoms with Gasteiger partial charge >= 0.3 is 6.03 Å². The van der Waals surface area contributed by atoms with Crippen LogP contribution < -0.4 is 25.4 Å². The third kappa shape index (κ3) is 5.36. The summed E-state index contributed by atoms with van der Waals surface area (Å²) in [6.07, 6.45) is 3.34. The average molecular weight is 390 g/mol. The predicted molar refractivity (Wildman–Crippen MR) is 107 cm³/mol. The van der Waals surface area contributed by atoms with Crippen LogP contribution >= 0.6 is 0 Å². The van der Waals surface area contributed by atoms with Crippen LogP contribution in [-0.2, 0) is 4.79 Å². The number of benzene rings is 1. The van der Waals surface area contributed by atoms with Crippen molar-refractivity contribution in [2.75, 3.05) is 45.2 Å². The summed E-state index contributed by atoms with van der Waals surface area (Å²) in [6, 6.07) is 4.27. The first-order chi connectivity index (χ1) is 13.6. The van der Waals surface area contributed by atoms with Crippen LogP contribution in [0.1, 0.15) is 26.2 Å². The monoisotopic (exact) mass is 390 g/mol. The minimum atomic E-state index is -0.544. The topological polar surface area (TPSA) is 91.9 Å². The van der Waals surface area contributed by atoms with E-state index < -0.39 is 6.03 Å². The highest BCUT2D eigenvalue weighted by Crippen LogP contribution is 2.32. The van der Waals surface area contributed by atoms with Crippen LogP contribution in [-0.4, -0.2) is 62.8 Å². The fourth-order valence-corrected chi connectivity index (χ4v) is 3.64. The van der Waals surface area contributed by atoms with Crippen molar-refractivity contribution in [3.8, 4) is 11.5 Å². The van der Waals surface area contributed by atoms with Crippen molar-refractivity contribution < 1.29 is 19.1 Å². The average Bonchev–Trinajstić information content (AvgIpc) is 2.72. The van der Waals surface area contributed by atoms with Crippen molar-refractivity contribution >= 4 is 17.6 Å². The first-order valence-corrected chi connectivity index (χ1v) is 9.97. The van der Waals surface area contributed by atoms with Gasteiger partial charge in [-0.3, -0.25) is 15.0 Å². The van der Waals surface area contributed by atoms with Gasteiger partial charge in [0.25, 0.3) is 0 Å². The summed E-state index contributed by atoms with van der Waals surface area (Å²) in [7, 11) is 1.97. The van der Waals surface area contributed by atoms with E-state index in [0.29, 0.717) is 36.3 Å². The molecule has 0 spiro atoms. The van der Waals surface area contributed by atoms with Gasteiger partial charge in [-0.05, 0) is 70.9 Å². The Kier molecular flexibility index (Phi) is 7.11. The van der Waals surface area contributed by atoms with E-state index in [2.05, 4.69) is 20.9 Å². The zero-order chi connectivity index (χ0) is 19.9. The lowest BCUT2D eigenvalue weighted by Gasteiger charge is -2.35. The maximum atomic E-state index is 12.5. The van der Waals surface area contributed by atoms with E-state index in [1.807, 2.05) is 14.0 Å². The second-order valence-electron chi connectivity index (χ2n) is 7.35. The number of ether oxygens (including phenoxy) is 2. The highest BCUT2D eigenvalue weighted by Gasteiger charge is 2.27. The molecule has 154 valence electrons. The molecule has 8 heteroatoms. The third-order valence-corrected chi connectivity index (χ3v) is 5.42. The molecule has 1 aromatic carbocycles. The van der Waals surface area contributed by atoms with Crippen molar-refractivity contribution in [1.82, 2.24) is 15.5 Å². The largest absolute Gasteiger partial charge is 0.486 e. The van der Waals surface area contributed by atoms with Crippen LogP contribution in [0.15, 0.2) is 18.2 Å². The molecule has 3 amide bonds. The second-order valence-corrected chi connectivity index (χ2v) is 7.35. The third-order valence-electron chi connectivity index (χ3n) is 5.42. The van der Waals surface area contributed by atoms with Gasteiger partial charge in [0.2, 0.25) is 5.91 Å². The molecule has 3 N–H and O–H groups in total. The van der Waals surface area contributed by atoms with Crippen molar-refractivity contribution in [2.45, 2.75) is 32.2 Å². The van der Waals surface area contributed by atoms with Gasteiger partial charge in [-0.25, -0.2) is 4.79 Å². The van der Waals surface area contributed by atoms with Crippen molar-refractivity contribution in [3.63, 3.8) is 0 Å². The molecular formula is C20H30N4O4. The smallest absolute Gasteiger partial charge is 0.325 e. The van der Waals surface area contributed by atoms with Crippen LogP contribution in [0.4, 0.5) is 10.5 Å². The summed E-state index contributed by atoms with van der Waals surface area (Å²) in [4.78, 5) is 26.8. The SMILES string of the molecule is CNCCC1CCN(C(C)C(=O)NC(=O)Nc2ccc3c(c2)OCCO3)CC1. The molecule has 1 unspecified atom stereocenters. The molecule has 1 saturated heterocycles. The van der Waals surface area contributed by atoms with E-state index in [-0.39, 0.29) is 11.9 Å². The molecule has 3 rings (SSSR count). The van der Waals surface area contributed by atoms with Crippen LogP contribution in [0.5, 0.6) is 11.5 Å². The van der Waals surface area contributed by atoms with Gasteiger partial charge in [0.1, 0.15) is 13.2 Å². The first-order valence-electron chi connectivity index (χ1n) is 9.97. The van der Waals surface area contributed by atoms with Crippen LogP contribution in [0.25, 0.3) is 0 Å². The van der Waals surface area contributed by atoms with Crippen molar-refractivity contribution in [2.24, 2.45) is 5.92 Å². The molecule has 0 aromatic heterocycles. The highest BCUT2D eigenvalue weighted by molar-refractivity contribution is 6.02. The number of hydrogen-bond donors (Lipinski definition) is 3. The van der Waals surface area contributed by atoms with E-state index in [1.54, 1.807) is 18.2 Å². The fourth-order valence-electron chi connectivity index (χ4n) is 3.64. The van der Waals surface area contributed by atoms with Gasteiger partial charge in [-0.15, -0.1) is 0 Å². The molecule has 8 nitrogen and oxygen atoms in total. The minimum Gasteiger partial charge on any atom is -0.486 e. The summed E-state index contributed by atoms with van der Waals surface area (Å²) in [6.45, 7) is 5.63. The van der Waals surface area contributed by atoms with E-state index in [1.165, 1.54) is 6.42 Å². The lowest BCUT2D eigenvalue weighted by molar-refractivity contribution is -0.125. The molecule has 2 aliphatic heterocycles. The standard InChI is InChI=1S/C20H30N4O4/c1-14(24-9-6-15(7-10-24)5-8-21-2)19(25)23-20(26)22-16-3-4-17-18(13-16)28-12-11-27-17/h3-4,13-15,21H,5-12H2,1-2H3,(H2,22,23,25,26). The van der Waals surface area contributed by atoms with Crippen molar-refractivity contribution in [1.29, 1.82) is 0 Å². The van der Waals surface area contributed by atoms with E-state index in [0.717, 1.165) is 32.5 Å². The molecule has 28 heavy (non-hydrogen) atoms. The number of urea groups is 1. The van der Waals surface area contributed by atoms with Gasteiger partial charge in [0, 0.05) is 11.8 Å². The molecule has 1 aromatic rings. The molecule has 2 aliphatic rings. The summed E-state index contributed by atoms with van der Waals surface area (Å²) in [5, 5.41) is 8.31. The molecule has 0 radical (unpaired) electrons. The number of carbonyl (C=O) groups is 2. The van der Waals surface area contributed by atoms with Crippen LogP contribution in [0, 0.1) is 5.92 Å². The zero-order valence-corrected chi connectivity index (χ0v) is 16.6.